The number of ether oxygens (including phenoxy) is 1. The van der Waals surface area contributed by atoms with Gasteiger partial charge in [0.15, 0.2) is 5.75 Å². The first kappa shape index (κ1) is 19.7. The molecular weight excluding hydrogens is 372 g/mol. The molecule has 156 valence electrons. The molecule has 1 aromatic heterocycles. The summed E-state index contributed by atoms with van der Waals surface area (Å²) in [4.78, 5) is 16.0. The highest BCUT2D eigenvalue weighted by Gasteiger charge is 2.27. The highest BCUT2D eigenvalue weighted by atomic mass is 16.6. The van der Waals surface area contributed by atoms with E-state index in [1.165, 1.54) is 13.5 Å². The first-order valence-electron chi connectivity index (χ1n) is 10.1. The van der Waals surface area contributed by atoms with E-state index >= 15 is 0 Å². The van der Waals surface area contributed by atoms with Gasteiger partial charge in [-0.1, -0.05) is 0 Å². The largest absolute Gasteiger partial charge is 0.490 e. The lowest BCUT2D eigenvalue weighted by atomic mass is 10.0. The quantitative estimate of drug-likeness (QED) is 0.584. The van der Waals surface area contributed by atoms with Crippen molar-refractivity contribution in [3.63, 3.8) is 0 Å². The Balaban J connectivity index is 1.59. The van der Waals surface area contributed by atoms with Gasteiger partial charge < -0.3 is 15.0 Å². The van der Waals surface area contributed by atoms with Crippen LogP contribution in [0.15, 0.2) is 24.5 Å². The van der Waals surface area contributed by atoms with Crippen molar-refractivity contribution in [3.05, 3.63) is 34.6 Å². The normalized spacial score (nSPS) is 20.2. The lowest BCUT2D eigenvalue weighted by Gasteiger charge is -2.38. The van der Waals surface area contributed by atoms with Crippen LogP contribution in [0.25, 0.3) is 11.1 Å². The molecule has 4 rings (SSSR count). The van der Waals surface area contributed by atoms with Crippen LogP contribution in [-0.2, 0) is 7.05 Å². The zero-order valence-electron chi connectivity index (χ0n) is 17.0. The van der Waals surface area contributed by atoms with Crippen molar-refractivity contribution < 1.29 is 9.66 Å². The molecule has 2 saturated heterocycles. The Bertz CT molecular complexity index is 869. The lowest BCUT2D eigenvalue weighted by molar-refractivity contribution is -0.385. The number of aromatic nitrogens is 2. The van der Waals surface area contributed by atoms with Crippen LogP contribution >= 0.6 is 0 Å². The van der Waals surface area contributed by atoms with Gasteiger partial charge in [0.05, 0.1) is 18.2 Å². The molecule has 0 aliphatic carbocycles. The van der Waals surface area contributed by atoms with Crippen molar-refractivity contribution in [3.8, 4) is 16.9 Å². The Labute approximate surface area is 170 Å². The SMILES string of the molecule is COc1cc(N2CCN(C[C@@H]3CCNC3)CC2)c(-c2cnn(C)c2)cc1[N+](=O)[O-]. The number of piperazine rings is 1. The minimum Gasteiger partial charge on any atom is -0.490 e. The van der Waals surface area contributed by atoms with E-state index in [-0.39, 0.29) is 11.4 Å². The molecule has 0 unspecified atom stereocenters. The van der Waals surface area contributed by atoms with Crippen molar-refractivity contribution in [2.75, 3.05) is 57.8 Å². The molecule has 0 bridgehead atoms. The molecule has 2 aromatic rings. The Kier molecular flexibility index (Phi) is 5.68. The molecule has 0 spiro atoms. The number of aryl methyl sites for hydroxylation is 1. The smallest absolute Gasteiger partial charge is 0.311 e. The zero-order chi connectivity index (χ0) is 20.4. The fraction of sp³-hybridized carbons (Fsp3) is 0.550. The van der Waals surface area contributed by atoms with Crippen LogP contribution in [0.4, 0.5) is 11.4 Å². The van der Waals surface area contributed by atoms with Gasteiger partial charge in [0, 0.05) is 74.9 Å². The van der Waals surface area contributed by atoms with E-state index in [2.05, 4.69) is 20.2 Å². The topological polar surface area (TPSA) is 88.7 Å². The Morgan fingerprint density at radius 1 is 1.31 bits per heavy atom. The fourth-order valence-electron chi connectivity index (χ4n) is 4.32. The van der Waals surface area contributed by atoms with E-state index < -0.39 is 4.92 Å². The number of methoxy groups -OCH3 is 1. The third-order valence-electron chi connectivity index (χ3n) is 5.90. The molecule has 9 heteroatoms. The second-order valence-corrected chi connectivity index (χ2v) is 7.85. The summed E-state index contributed by atoms with van der Waals surface area (Å²) in [5.74, 6) is 1.03. The molecule has 0 amide bonds. The van der Waals surface area contributed by atoms with Gasteiger partial charge in [0.2, 0.25) is 0 Å². The molecule has 0 saturated carbocycles. The van der Waals surface area contributed by atoms with Gasteiger partial charge >= 0.3 is 5.69 Å². The van der Waals surface area contributed by atoms with Crippen LogP contribution < -0.4 is 15.0 Å². The van der Waals surface area contributed by atoms with Crippen LogP contribution in [0.1, 0.15) is 6.42 Å². The number of nitro benzene ring substituents is 1. The number of anilines is 1. The van der Waals surface area contributed by atoms with E-state index in [1.54, 1.807) is 23.0 Å². The molecular formula is C20H28N6O3. The highest BCUT2D eigenvalue weighted by molar-refractivity contribution is 5.82. The van der Waals surface area contributed by atoms with Crippen LogP contribution in [0, 0.1) is 16.0 Å². The predicted octanol–water partition coefficient (Wildman–Crippen LogP) is 1.74. The second-order valence-electron chi connectivity index (χ2n) is 7.85. The maximum atomic E-state index is 11.5. The first-order chi connectivity index (χ1) is 14.0. The van der Waals surface area contributed by atoms with Gasteiger partial charge in [-0.3, -0.25) is 19.7 Å². The summed E-state index contributed by atoms with van der Waals surface area (Å²) in [5, 5.41) is 19.2. The Morgan fingerprint density at radius 2 is 2.10 bits per heavy atom. The van der Waals surface area contributed by atoms with Crippen LogP contribution in [0.2, 0.25) is 0 Å². The van der Waals surface area contributed by atoms with E-state index in [0.29, 0.717) is 0 Å². The number of hydrogen-bond donors (Lipinski definition) is 1. The van der Waals surface area contributed by atoms with E-state index in [9.17, 15) is 10.1 Å². The van der Waals surface area contributed by atoms with E-state index in [4.69, 9.17) is 4.74 Å². The van der Waals surface area contributed by atoms with Crippen molar-refractivity contribution >= 4 is 11.4 Å². The van der Waals surface area contributed by atoms with Gasteiger partial charge in [-0.05, 0) is 25.4 Å². The van der Waals surface area contributed by atoms with Gasteiger partial charge in [0.25, 0.3) is 0 Å². The van der Waals surface area contributed by atoms with Gasteiger partial charge in [-0.2, -0.15) is 5.10 Å². The first-order valence-corrected chi connectivity index (χ1v) is 10.1. The van der Waals surface area contributed by atoms with Crippen LogP contribution in [0.5, 0.6) is 5.75 Å². The Hall–Kier alpha value is -2.65. The fourth-order valence-corrected chi connectivity index (χ4v) is 4.32. The van der Waals surface area contributed by atoms with E-state index in [0.717, 1.165) is 68.5 Å². The average molecular weight is 400 g/mol. The summed E-state index contributed by atoms with van der Waals surface area (Å²) in [5.41, 5.74) is 2.62. The third-order valence-corrected chi connectivity index (χ3v) is 5.90. The molecule has 0 radical (unpaired) electrons. The molecule has 1 aromatic carbocycles. The van der Waals surface area contributed by atoms with Crippen molar-refractivity contribution in [2.45, 2.75) is 6.42 Å². The monoisotopic (exact) mass is 400 g/mol. The molecule has 29 heavy (non-hydrogen) atoms. The zero-order valence-corrected chi connectivity index (χ0v) is 17.0. The summed E-state index contributed by atoms with van der Waals surface area (Å²) >= 11 is 0. The summed E-state index contributed by atoms with van der Waals surface area (Å²) < 4.78 is 7.05. The number of rotatable bonds is 6. The van der Waals surface area contributed by atoms with Gasteiger partial charge in [-0.15, -0.1) is 0 Å². The predicted molar refractivity (Wildman–Crippen MR) is 111 cm³/mol. The molecule has 2 aliphatic heterocycles. The summed E-state index contributed by atoms with van der Waals surface area (Å²) in [6.07, 6.45) is 4.89. The number of nitro groups is 1. The molecule has 3 heterocycles. The highest BCUT2D eigenvalue weighted by Crippen LogP contribution is 2.40. The molecule has 1 atom stereocenters. The standard InChI is InChI=1S/C20H28N6O3/c1-23-14-16(12-22-23)17-9-19(26(27)28)20(29-2)10-18(17)25-7-5-24(6-8-25)13-15-3-4-21-11-15/h9-10,12,14-15,21H,3-8,11,13H2,1-2H3/t15-/m1/s1. The van der Waals surface area contributed by atoms with Crippen molar-refractivity contribution in [1.82, 2.24) is 20.0 Å². The summed E-state index contributed by atoms with van der Waals surface area (Å²) in [6, 6.07) is 3.42. The van der Waals surface area contributed by atoms with Crippen molar-refractivity contribution in [2.24, 2.45) is 13.0 Å². The summed E-state index contributed by atoms with van der Waals surface area (Å²) in [6.45, 7) is 7.12. The minimum absolute atomic E-state index is 0.0255. The molecule has 2 aliphatic rings. The average Bonchev–Trinajstić information content (AvgIpc) is 3.39. The second kappa shape index (κ2) is 8.38. The number of benzene rings is 1. The van der Waals surface area contributed by atoms with Gasteiger partial charge in [-0.25, -0.2) is 0 Å². The molecule has 1 N–H and O–H groups in total. The van der Waals surface area contributed by atoms with Crippen molar-refractivity contribution in [1.29, 1.82) is 0 Å². The lowest BCUT2D eigenvalue weighted by Crippen LogP contribution is -2.48. The molecule has 9 nitrogen and oxygen atoms in total. The number of nitrogens with one attached hydrogen (secondary N) is 1. The Morgan fingerprint density at radius 3 is 2.69 bits per heavy atom. The maximum Gasteiger partial charge on any atom is 0.311 e. The maximum absolute atomic E-state index is 11.5. The minimum atomic E-state index is -0.393. The van der Waals surface area contributed by atoms with Crippen LogP contribution in [0.3, 0.4) is 0 Å². The van der Waals surface area contributed by atoms with E-state index in [1.807, 2.05) is 13.2 Å². The molecule has 2 fully saturated rings. The van der Waals surface area contributed by atoms with Gasteiger partial charge in [0.1, 0.15) is 0 Å². The number of hydrogen-bond acceptors (Lipinski definition) is 7. The third kappa shape index (κ3) is 4.20. The summed E-state index contributed by atoms with van der Waals surface area (Å²) in [7, 11) is 3.32. The van der Waals surface area contributed by atoms with Crippen LogP contribution in [-0.4, -0.2) is 72.5 Å². The number of nitrogens with zero attached hydrogens (tertiary/aromatic N) is 5.